The lowest BCUT2D eigenvalue weighted by Gasteiger charge is -2.30. The number of hydrogen-bond acceptors (Lipinski definition) is 3. The molecular weight excluding hydrogens is 210 g/mol. The molecule has 0 bridgehead atoms. The second-order valence-electron chi connectivity index (χ2n) is 6.00. The zero-order valence-corrected chi connectivity index (χ0v) is 11.6. The Morgan fingerprint density at radius 1 is 1.24 bits per heavy atom. The second-order valence-corrected chi connectivity index (χ2v) is 6.00. The van der Waals surface area contributed by atoms with Crippen molar-refractivity contribution in [2.24, 2.45) is 5.92 Å². The van der Waals surface area contributed by atoms with Gasteiger partial charge in [0.15, 0.2) is 0 Å². The SMILES string of the molecule is CC1CN(C)CCCN1CCC1CCCNC1. The van der Waals surface area contributed by atoms with Crippen LogP contribution in [-0.2, 0) is 0 Å². The maximum Gasteiger partial charge on any atom is 0.0194 e. The van der Waals surface area contributed by atoms with Crippen LogP contribution in [0.4, 0.5) is 0 Å². The Labute approximate surface area is 107 Å². The first-order chi connectivity index (χ1) is 8.25. The molecule has 100 valence electrons. The summed E-state index contributed by atoms with van der Waals surface area (Å²) in [7, 11) is 2.26. The minimum atomic E-state index is 0.735. The molecule has 0 aromatic heterocycles. The van der Waals surface area contributed by atoms with E-state index in [2.05, 4.69) is 29.1 Å². The van der Waals surface area contributed by atoms with Crippen molar-refractivity contribution in [1.82, 2.24) is 15.1 Å². The van der Waals surface area contributed by atoms with Crippen molar-refractivity contribution in [3.8, 4) is 0 Å². The van der Waals surface area contributed by atoms with Crippen LogP contribution >= 0.6 is 0 Å². The van der Waals surface area contributed by atoms with Gasteiger partial charge in [0, 0.05) is 12.6 Å². The van der Waals surface area contributed by atoms with E-state index >= 15 is 0 Å². The molecule has 17 heavy (non-hydrogen) atoms. The molecular formula is C14H29N3. The van der Waals surface area contributed by atoms with Gasteiger partial charge in [0.1, 0.15) is 0 Å². The van der Waals surface area contributed by atoms with Crippen LogP contribution in [0.3, 0.4) is 0 Å². The summed E-state index contributed by atoms with van der Waals surface area (Å²) in [5.41, 5.74) is 0. The summed E-state index contributed by atoms with van der Waals surface area (Å²) >= 11 is 0. The molecule has 0 amide bonds. The summed E-state index contributed by atoms with van der Waals surface area (Å²) in [6.07, 6.45) is 5.54. The number of nitrogens with one attached hydrogen (secondary N) is 1. The fourth-order valence-corrected chi connectivity index (χ4v) is 3.27. The average Bonchev–Trinajstić information content (AvgIpc) is 2.49. The lowest BCUT2D eigenvalue weighted by molar-refractivity contribution is 0.183. The Hall–Kier alpha value is -0.120. The van der Waals surface area contributed by atoms with Crippen LogP contribution in [-0.4, -0.2) is 62.2 Å². The zero-order valence-electron chi connectivity index (χ0n) is 11.6. The van der Waals surface area contributed by atoms with Gasteiger partial charge in [-0.15, -0.1) is 0 Å². The Bertz CT molecular complexity index is 214. The number of hydrogen-bond donors (Lipinski definition) is 1. The van der Waals surface area contributed by atoms with E-state index < -0.39 is 0 Å². The third kappa shape index (κ3) is 4.23. The molecule has 1 N–H and O–H groups in total. The van der Waals surface area contributed by atoms with Crippen LogP contribution in [0.1, 0.15) is 32.6 Å². The molecule has 2 unspecified atom stereocenters. The minimum Gasteiger partial charge on any atom is -0.316 e. The molecule has 0 aromatic rings. The van der Waals surface area contributed by atoms with Crippen LogP contribution < -0.4 is 5.32 Å². The lowest BCUT2D eigenvalue weighted by atomic mass is 9.96. The molecule has 0 aliphatic carbocycles. The Morgan fingerprint density at radius 3 is 2.88 bits per heavy atom. The quantitative estimate of drug-likeness (QED) is 0.803. The van der Waals surface area contributed by atoms with Crippen LogP contribution in [0.15, 0.2) is 0 Å². The summed E-state index contributed by atoms with van der Waals surface area (Å²) in [6.45, 7) is 9.99. The molecule has 0 aromatic carbocycles. The summed E-state index contributed by atoms with van der Waals surface area (Å²) in [4.78, 5) is 5.19. The summed E-state index contributed by atoms with van der Waals surface area (Å²) < 4.78 is 0. The minimum absolute atomic E-state index is 0.735. The van der Waals surface area contributed by atoms with E-state index in [1.54, 1.807) is 0 Å². The molecule has 3 nitrogen and oxygen atoms in total. The fourth-order valence-electron chi connectivity index (χ4n) is 3.27. The van der Waals surface area contributed by atoms with Crippen LogP contribution in [0.2, 0.25) is 0 Å². The van der Waals surface area contributed by atoms with E-state index in [0.717, 1.165) is 12.0 Å². The first-order valence-electron chi connectivity index (χ1n) is 7.39. The third-order valence-electron chi connectivity index (χ3n) is 4.41. The largest absolute Gasteiger partial charge is 0.316 e. The predicted molar refractivity (Wildman–Crippen MR) is 73.4 cm³/mol. The van der Waals surface area contributed by atoms with Crippen molar-refractivity contribution in [3.05, 3.63) is 0 Å². The molecule has 2 aliphatic heterocycles. The van der Waals surface area contributed by atoms with Crippen molar-refractivity contribution in [3.63, 3.8) is 0 Å². The van der Waals surface area contributed by atoms with Gasteiger partial charge in [-0.3, -0.25) is 4.90 Å². The number of piperidine rings is 1. The summed E-state index contributed by atoms with van der Waals surface area (Å²) in [6, 6.07) is 0.735. The Morgan fingerprint density at radius 2 is 2.12 bits per heavy atom. The van der Waals surface area contributed by atoms with Gasteiger partial charge in [-0.25, -0.2) is 0 Å². The number of rotatable bonds is 3. The molecule has 0 radical (unpaired) electrons. The number of likely N-dealkylation sites (N-methyl/N-ethyl adjacent to an activating group) is 1. The highest BCUT2D eigenvalue weighted by molar-refractivity contribution is 4.77. The van der Waals surface area contributed by atoms with Gasteiger partial charge in [-0.1, -0.05) is 0 Å². The standard InChI is InChI=1S/C14H29N3/c1-13-12-16(2)8-4-9-17(13)10-6-14-5-3-7-15-11-14/h13-15H,3-12H2,1-2H3. The molecule has 2 fully saturated rings. The molecule has 0 saturated carbocycles. The van der Waals surface area contributed by atoms with E-state index in [9.17, 15) is 0 Å². The topological polar surface area (TPSA) is 18.5 Å². The van der Waals surface area contributed by atoms with Crippen LogP contribution in [0.5, 0.6) is 0 Å². The number of nitrogens with zero attached hydrogens (tertiary/aromatic N) is 2. The fraction of sp³-hybridized carbons (Fsp3) is 1.00. The molecule has 2 aliphatic rings. The van der Waals surface area contributed by atoms with Crippen molar-refractivity contribution >= 4 is 0 Å². The van der Waals surface area contributed by atoms with Gasteiger partial charge in [-0.05, 0) is 78.3 Å². The molecule has 2 saturated heterocycles. The third-order valence-corrected chi connectivity index (χ3v) is 4.41. The van der Waals surface area contributed by atoms with Gasteiger partial charge < -0.3 is 10.2 Å². The average molecular weight is 239 g/mol. The predicted octanol–water partition coefficient (Wildman–Crippen LogP) is 1.40. The normalized spacial score (nSPS) is 33.5. The first-order valence-corrected chi connectivity index (χ1v) is 7.39. The maximum absolute atomic E-state index is 3.53. The van der Waals surface area contributed by atoms with E-state index in [-0.39, 0.29) is 0 Å². The van der Waals surface area contributed by atoms with Crippen LogP contribution in [0.25, 0.3) is 0 Å². The first kappa shape index (κ1) is 13.3. The van der Waals surface area contributed by atoms with E-state index in [0.29, 0.717) is 0 Å². The highest BCUT2D eigenvalue weighted by atomic mass is 15.2. The van der Waals surface area contributed by atoms with Crippen molar-refractivity contribution in [2.45, 2.75) is 38.6 Å². The van der Waals surface area contributed by atoms with Crippen molar-refractivity contribution in [2.75, 3.05) is 46.3 Å². The van der Waals surface area contributed by atoms with Gasteiger partial charge in [0.05, 0.1) is 0 Å². The smallest absolute Gasteiger partial charge is 0.0194 e. The van der Waals surface area contributed by atoms with Gasteiger partial charge in [-0.2, -0.15) is 0 Å². The van der Waals surface area contributed by atoms with E-state index in [1.165, 1.54) is 65.0 Å². The maximum atomic E-state index is 3.53. The molecule has 0 spiro atoms. The molecule has 2 heterocycles. The Kier molecular flexibility index (Phi) is 5.26. The van der Waals surface area contributed by atoms with Crippen molar-refractivity contribution < 1.29 is 0 Å². The molecule has 2 atom stereocenters. The van der Waals surface area contributed by atoms with Crippen LogP contribution in [0, 0.1) is 5.92 Å². The van der Waals surface area contributed by atoms with Gasteiger partial charge in [0.2, 0.25) is 0 Å². The zero-order chi connectivity index (χ0) is 12.1. The monoisotopic (exact) mass is 239 g/mol. The highest BCUT2D eigenvalue weighted by Crippen LogP contribution is 2.16. The Balaban J connectivity index is 1.73. The van der Waals surface area contributed by atoms with E-state index in [4.69, 9.17) is 0 Å². The summed E-state index contributed by atoms with van der Waals surface area (Å²) in [5.74, 6) is 0.928. The van der Waals surface area contributed by atoms with Gasteiger partial charge >= 0.3 is 0 Å². The second kappa shape index (κ2) is 6.72. The van der Waals surface area contributed by atoms with E-state index in [1.807, 2.05) is 0 Å². The highest BCUT2D eigenvalue weighted by Gasteiger charge is 2.21. The summed E-state index contributed by atoms with van der Waals surface area (Å²) in [5, 5.41) is 3.53. The molecule has 2 rings (SSSR count). The lowest BCUT2D eigenvalue weighted by Crippen LogP contribution is -2.40. The van der Waals surface area contributed by atoms with Crippen molar-refractivity contribution in [1.29, 1.82) is 0 Å². The molecule has 3 heteroatoms. The van der Waals surface area contributed by atoms with Gasteiger partial charge in [0.25, 0.3) is 0 Å².